The molecule has 0 saturated carbocycles. The molecule has 1 fully saturated rings. The summed E-state index contributed by atoms with van der Waals surface area (Å²) in [6, 6.07) is 0. The molecule has 1 aliphatic heterocycles. The largest absolute Gasteiger partial charge is 0.378 e. The second-order valence-electron chi connectivity index (χ2n) is 6.02. The van der Waals surface area contributed by atoms with E-state index in [1.165, 1.54) is 17.7 Å². The molecule has 5 heteroatoms. The zero-order valence-electron chi connectivity index (χ0n) is 12.5. The molecule has 0 bridgehead atoms. The molecule has 1 N–H and O–H groups in total. The molecule has 19 heavy (non-hydrogen) atoms. The van der Waals surface area contributed by atoms with Gasteiger partial charge in [0.15, 0.2) is 5.13 Å². The summed E-state index contributed by atoms with van der Waals surface area (Å²) in [5.41, 5.74) is 1.48. The van der Waals surface area contributed by atoms with Gasteiger partial charge in [0.05, 0.1) is 12.3 Å². The van der Waals surface area contributed by atoms with Crippen LogP contribution in [0.25, 0.3) is 0 Å². The minimum Gasteiger partial charge on any atom is -0.378 e. The Hall–Kier alpha value is -0.650. The van der Waals surface area contributed by atoms with Gasteiger partial charge in [-0.25, -0.2) is 4.98 Å². The van der Waals surface area contributed by atoms with Crippen molar-refractivity contribution in [3.05, 3.63) is 10.6 Å². The van der Waals surface area contributed by atoms with Crippen molar-refractivity contribution in [2.45, 2.75) is 39.8 Å². The van der Waals surface area contributed by atoms with Crippen molar-refractivity contribution >= 4 is 16.5 Å². The lowest BCUT2D eigenvalue weighted by molar-refractivity contribution is 0.181. The molecule has 0 aliphatic carbocycles. The van der Waals surface area contributed by atoms with E-state index in [9.17, 15) is 0 Å². The van der Waals surface area contributed by atoms with Gasteiger partial charge in [-0.2, -0.15) is 0 Å². The lowest BCUT2D eigenvalue weighted by Crippen LogP contribution is -2.40. The van der Waals surface area contributed by atoms with E-state index < -0.39 is 0 Å². The first-order valence-electron chi connectivity index (χ1n) is 6.93. The van der Waals surface area contributed by atoms with Gasteiger partial charge < -0.3 is 15.0 Å². The van der Waals surface area contributed by atoms with Crippen molar-refractivity contribution in [3.8, 4) is 0 Å². The zero-order valence-corrected chi connectivity index (χ0v) is 13.3. The maximum absolute atomic E-state index is 5.25. The Morgan fingerprint density at radius 3 is 2.89 bits per heavy atom. The van der Waals surface area contributed by atoms with E-state index in [1.807, 2.05) is 7.05 Å². The van der Waals surface area contributed by atoms with Gasteiger partial charge in [-0.1, -0.05) is 13.8 Å². The molecule has 0 atom stereocenters. The van der Waals surface area contributed by atoms with E-state index >= 15 is 0 Å². The smallest absolute Gasteiger partial charge is 0.185 e. The maximum atomic E-state index is 5.25. The van der Waals surface area contributed by atoms with Crippen LogP contribution in [0, 0.1) is 5.41 Å². The monoisotopic (exact) mass is 283 g/mol. The summed E-state index contributed by atoms with van der Waals surface area (Å²) in [6.45, 7) is 8.39. The Labute approximate surface area is 120 Å². The fraction of sp³-hybridized carbons (Fsp3) is 0.786. The van der Waals surface area contributed by atoms with Crippen LogP contribution in [0.15, 0.2) is 0 Å². The molecule has 0 amide bonds. The molecule has 1 aliphatic rings. The first-order valence-corrected chi connectivity index (χ1v) is 7.74. The standard InChI is InChI=1S/C14H25N3OS/c1-14(2)6-5-7-17(10-14)13-16-11(9-18-4)12(19-13)8-15-3/h15H,5-10H2,1-4H3. The van der Waals surface area contributed by atoms with Crippen LogP contribution in [-0.4, -0.2) is 32.2 Å². The summed E-state index contributed by atoms with van der Waals surface area (Å²) in [6.07, 6.45) is 2.57. The molecular formula is C14H25N3OS. The average molecular weight is 283 g/mol. The van der Waals surface area contributed by atoms with E-state index in [-0.39, 0.29) is 0 Å². The summed E-state index contributed by atoms with van der Waals surface area (Å²) in [5.74, 6) is 0. The van der Waals surface area contributed by atoms with E-state index in [0.717, 1.165) is 30.5 Å². The van der Waals surface area contributed by atoms with Crippen molar-refractivity contribution in [2.24, 2.45) is 5.41 Å². The van der Waals surface area contributed by atoms with E-state index in [4.69, 9.17) is 9.72 Å². The quantitative estimate of drug-likeness (QED) is 0.901. The molecule has 0 spiro atoms. The van der Waals surface area contributed by atoms with E-state index in [1.54, 1.807) is 18.4 Å². The van der Waals surface area contributed by atoms with Crippen molar-refractivity contribution < 1.29 is 4.74 Å². The Morgan fingerprint density at radius 2 is 2.26 bits per heavy atom. The first-order chi connectivity index (χ1) is 9.05. The second kappa shape index (κ2) is 6.20. The van der Waals surface area contributed by atoms with Crippen LogP contribution in [0.5, 0.6) is 0 Å². The number of thiazole rings is 1. The zero-order chi connectivity index (χ0) is 13.9. The minimum absolute atomic E-state index is 0.397. The number of rotatable bonds is 5. The highest BCUT2D eigenvalue weighted by Crippen LogP contribution is 2.34. The van der Waals surface area contributed by atoms with Crippen LogP contribution in [0.4, 0.5) is 5.13 Å². The van der Waals surface area contributed by atoms with Gasteiger partial charge in [0.1, 0.15) is 0 Å². The predicted octanol–water partition coefficient (Wildman–Crippen LogP) is 2.64. The first kappa shape index (κ1) is 14.8. The van der Waals surface area contributed by atoms with Crippen LogP contribution in [0.3, 0.4) is 0 Å². The number of hydrogen-bond acceptors (Lipinski definition) is 5. The molecule has 108 valence electrons. The van der Waals surface area contributed by atoms with Crippen LogP contribution in [0.1, 0.15) is 37.3 Å². The number of aromatic nitrogens is 1. The topological polar surface area (TPSA) is 37.4 Å². The van der Waals surface area contributed by atoms with E-state index in [2.05, 4.69) is 24.1 Å². The summed E-state index contributed by atoms with van der Waals surface area (Å²) >= 11 is 1.80. The van der Waals surface area contributed by atoms with Crippen LogP contribution >= 0.6 is 11.3 Å². The van der Waals surface area contributed by atoms with Gasteiger partial charge in [-0.15, -0.1) is 11.3 Å². The predicted molar refractivity (Wildman–Crippen MR) is 80.8 cm³/mol. The SMILES string of the molecule is CNCc1sc(N2CCCC(C)(C)C2)nc1COC. The molecule has 2 heterocycles. The Kier molecular flexibility index (Phi) is 4.81. The normalized spacial score (nSPS) is 18.8. The third kappa shape index (κ3) is 3.68. The van der Waals surface area contributed by atoms with Gasteiger partial charge >= 0.3 is 0 Å². The summed E-state index contributed by atoms with van der Waals surface area (Å²) in [5, 5.41) is 4.37. The van der Waals surface area contributed by atoms with Crippen molar-refractivity contribution in [1.82, 2.24) is 10.3 Å². The molecule has 2 rings (SSSR count). The van der Waals surface area contributed by atoms with Crippen LogP contribution in [0.2, 0.25) is 0 Å². The van der Waals surface area contributed by atoms with Crippen LogP contribution < -0.4 is 10.2 Å². The highest BCUT2D eigenvalue weighted by molar-refractivity contribution is 7.15. The number of anilines is 1. The highest BCUT2D eigenvalue weighted by Gasteiger charge is 2.28. The van der Waals surface area contributed by atoms with E-state index in [0.29, 0.717) is 12.0 Å². The maximum Gasteiger partial charge on any atom is 0.185 e. The number of methoxy groups -OCH3 is 1. The molecule has 1 aromatic heterocycles. The van der Waals surface area contributed by atoms with Gasteiger partial charge in [0.25, 0.3) is 0 Å². The fourth-order valence-corrected chi connectivity index (χ4v) is 3.74. The third-order valence-corrected chi connectivity index (χ3v) is 4.71. The van der Waals surface area contributed by atoms with Crippen LogP contribution in [-0.2, 0) is 17.9 Å². The molecular weight excluding hydrogens is 258 g/mol. The van der Waals surface area contributed by atoms with Gasteiger partial charge in [-0.3, -0.25) is 0 Å². The average Bonchev–Trinajstić information content (AvgIpc) is 2.72. The fourth-order valence-electron chi connectivity index (χ4n) is 2.64. The number of nitrogens with one attached hydrogen (secondary N) is 1. The van der Waals surface area contributed by atoms with Crippen molar-refractivity contribution in [2.75, 3.05) is 32.1 Å². The Balaban J connectivity index is 2.17. The molecule has 0 radical (unpaired) electrons. The Bertz CT molecular complexity index is 393. The van der Waals surface area contributed by atoms with Gasteiger partial charge in [0.2, 0.25) is 0 Å². The molecule has 1 saturated heterocycles. The highest BCUT2D eigenvalue weighted by atomic mass is 32.1. The third-order valence-electron chi connectivity index (χ3n) is 3.56. The summed E-state index contributed by atoms with van der Waals surface area (Å²) < 4.78 is 5.25. The molecule has 1 aromatic rings. The lowest BCUT2D eigenvalue weighted by atomic mass is 9.84. The molecule has 4 nitrogen and oxygen atoms in total. The molecule has 0 aromatic carbocycles. The Morgan fingerprint density at radius 1 is 1.47 bits per heavy atom. The number of ether oxygens (including phenoxy) is 1. The second-order valence-corrected chi connectivity index (χ2v) is 7.08. The number of hydrogen-bond donors (Lipinski definition) is 1. The summed E-state index contributed by atoms with van der Waals surface area (Å²) in [7, 11) is 3.70. The van der Waals surface area contributed by atoms with Gasteiger partial charge in [0, 0.05) is 31.6 Å². The lowest BCUT2D eigenvalue weighted by Gasteiger charge is -2.37. The van der Waals surface area contributed by atoms with Gasteiger partial charge in [-0.05, 0) is 25.3 Å². The number of nitrogens with zero attached hydrogens (tertiary/aromatic N) is 2. The van der Waals surface area contributed by atoms with Crippen molar-refractivity contribution in [3.63, 3.8) is 0 Å². The summed E-state index contributed by atoms with van der Waals surface area (Å²) in [4.78, 5) is 8.52. The molecule has 0 unspecified atom stereocenters. The van der Waals surface area contributed by atoms with Crippen molar-refractivity contribution in [1.29, 1.82) is 0 Å². The number of piperidine rings is 1. The minimum atomic E-state index is 0.397.